The minimum atomic E-state index is -3.22. The van der Waals surface area contributed by atoms with Gasteiger partial charge in [-0.25, -0.2) is 8.42 Å². The summed E-state index contributed by atoms with van der Waals surface area (Å²) in [5.41, 5.74) is -0.539. The first-order valence-electron chi connectivity index (χ1n) is 5.96. The lowest BCUT2D eigenvalue weighted by molar-refractivity contribution is 0.115. The van der Waals surface area contributed by atoms with Gasteiger partial charge in [-0.3, -0.25) is 4.90 Å². The van der Waals surface area contributed by atoms with Gasteiger partial charge in [-0.05, 0) is 13.8 Å². The Morgan fingerprint density at radius 2 is 1.83 bits per heavy atom. The molecule has 0 amide bonds. The topological polar surface area (TPSA) is 73.6 Å². The summed E-state index contributed by atoms with van der Waals surface area (Å²) < 4.78 is 30.1. The van der Waals surface area contributed by atoms with Gasteiger partial charge in [0.05, 0.1) is 18.4 Å². The zero-order valence-corrected chi connectivity index (χ0v) is 12.0. The lowest BCUT2D eigenvalue weighted by Crippen LogP contribution is -2.55. The van der Waals surface area contributed by atoms with Crippen LogP contribution in [-0.2, 0) is 14.8 Å². The molecule has 1 saturated heterocycles. The molecule has 0 aromatic carbocycles. The Labute approximate surface area is 109 Å². The van der Waals surface area contributed by atoms with Crippen molar-refractivity contribution in [2.45, 2.75) is 19.4 Å². The molecule has 104 valence electrons. The quantitative estimate of drug-likeness (QED) is 0.699. The molecule has 0 aromatic rings. The Balaban J connectivity index is 2.57. The molecule has 1 heterocycles. The van der Waals surface area contributed by atoms with E-state index in [2.05, 4.69) is 6.07 Å². The third kappa shape index (κ3) is 3.65. The van der Waals surface area contributed by atoms with Crippen LogP contribution in [0.15, 0.2) is 0 Å². The largest absolute Gasteiger partial charge is 0.384 e. The molecule has 0 unspecified atom stereocenters. The minimum absolute atomic E-state index is 0.0190. The number of nitrogens with zero attached hydrogens (tertiary/aromatic N) is 3. The highest BCUT2D eigenvalue weighted by atomic mass is 32.2. The summed E-state index contributed by atoms with van der Waals surface area (Å²) in [6, 6.07) is 2.24. The zero-order chi connectivity index (χ0) is 13.8. The van der Waals surface area contributed by atoms with Crippen LogP contribution in [-0.4, -0.2) is 68.8 Å². The molecule has 0 atom stereocenters. The van der Waals surface area contributed by atoms with Crippen molar-refractivity contribution in [3.8, 4) is 6.07 Å². The van der Waals surface area contributed by atoms with Crippen LogP contribution in [0.5, 0.6) is 0 Å². The van der Waals surface area contributed by atoms with Crippen LogP contribution < -0.4 is 0 Å². The van der Waals surface area contributed by atoms with Crippen molar-refractivity contribution in [1.82, 2.24) is 9.21 Å². The third-order valence-corrected chi connectivity index (χ3v) is 5.08. The Morgan fingerprint density at radius 1 is 1.28 bits per heavy atom. The lowest BCUT2D eigenvalue weighted by atomic mass is 10.0. The van der Waals surface area contributed by atoms with Gasteiger partial charge < -0.3 is 4.74 Å². The third-order valence-electron chi connectivity index (χ3n) is 3.24. The number of piperazine rings is 1. The highest BCUT2D eigenvalue weighted by molar-refractivity contribution is 7.89. The molecule has 7 heteroatoms. The van der Waals surface area contributed by atoms with E-state index < -0.39 is 15.6 Å². The molecule has 0 radical (unpaired) electrons. The second-order valence-corrected chi connectivity index (χ2v) is 6.95. The van der Waals surface area contributed by atoms with Crippen LogP contribution in [0.3, 0.4) is 0 Å². The molecule has 0 spiro atoms. The maximum Gasteiger partial charge on any atom is 0.216 e. The average molecular weight is 275 g/mol. The number of hydrogen-bond acceptors (Lipinski definition) is 5. The molecule has 0 aromatic heterocycles. The monoisotopic (exact) mass is 275 g/mol. The van der Waals surface area contributed by atoms with E-state index in [1.807, 2.05) is 18.7 Å². The predicted octanol–water partition coefficient (Wildman–Crippen LogP) is -0.118. The van der Waals surface area contributed by atoms with Gasteiger partial charge in [-0.15, -0.1) is 0 Å². The van der Waals surface area contributed by atoms with Gasteiger partial charge in [0.15, 0.2) is 0 Å². The maximum absolute atomic E-state index is 11.9. The van der Waals surface area contributed by atoms with Gasteiger partial charge in [0, 0.05) is 33.3 Å². The van der Waals surface area contributed by atoms with Crippen LogP contribution >= 0.6 is 0 Å². The molecule has 1 aliphatic rings. The molecular weight excluding hydrogens is 254 g/mol. The fourth-order valence-electron chi connectivity index (χ4n) is 1.91. The van der Waals surface area contributed by atoms with Crippen molar-refractivity contribution in [3.63, 3.8) is 0 Å². The number of ether oxygens (including phenoxy) is 1. The molecule has 0 aliphatic carbocycles. The standard InChI is InChI=1S/C11H21N3O3S/c1-11(2,10-12)13-4-6-14(7-5-13)18(15,16)9-8-17-3/h4-9H2,1-3H3. The summed E-state index contributed by atoms with van der Waals surface area (Å²) in [6.45, 7) is 5.98. The lowest BCUT2D eigenvalue weighted by Gasteiger charge is -2.39. The van der Waals surface area contributed by atoms with E-state index in [0.29, 0.717) is 26.2 Å². The van der Waals surface area contributed by atoms with Gasteiger partial charge >= 0.3 is 0 Å². The van der Waals surface area contributed by atoms with Gasteiger partial charge in [-0.2, -0.15) is 9.57 Å². The first-order valence-corrected chi connectivity index (χ1v) is 7.57. The number of sulfonamides is 1. The van der Waals surface area contributed by atoms with Crippen molar-refractivity contribution in [2.75, 3.05) is 45.6 Å². The number of hydrogen-bond donors (Lipinski definition) is 0. The van der Waals surface area contributed by atoms with E-state index in [0.717, 1.165) is 0 Å². The van der Waals surface area contributed by atoms with E-state index in [-0.39, 0.29) is 12.4 Å². The maximum atomic E-state index is 11.9. The van der Waals surface area contributed by atoms with Gasteiger partial charge in [-0.1, -0.05) is 0 Å². The van der Waals surface area contributed by atoms with Crippen molar-refractivity contribution in [1.29, 1.82) is 5.26 Å². The van der Waals surface area contributed by atoms with Crippen LogP contribution in [0.1, 0.15) is 13.8 Å². The summed E-state index contributed by atoms with van der Waals surface area (Å²) in [4.78, 5) is 2.01. The molecular formula is C11H21N3O3S. The fraction of sp³-hybridized carbons (Fsp3) is 0.909. The second-order valence-electron chi connectivity index (χ2n) is 4.87. The number of nitriles is 1. The van der Waals surface area contributed by atoms with Crippen LogP contribution in [0.2, 0.25) is 0 Å². The van der Waals surface area contributed by atoms with Crippen molar-refractivity contribution in [2.24, 2.45) is 0 Å². The fourth-order valence-corrected chi connectivity index (χ4v) is 3.27. The summed E-state index contributed by atoms with van der Waals surface area (Å²) >= 11 is 0. The molecule has 1 fully saturated rings. The van der Waals surface area contributed by atoms with Gasteiger partial charge in [0.1, 0.15) is 5.54 Å². The summed E-state index contributed by atoms with van der Waals surface area (Å²) in [5.74, 6) is 0.0190. The van der Waals surface area contributed by atoms with Crippen molar-refractivity contribution in [3.05, 3.63) is 0 Å². The minimum Gasteiger partial charge on any atom is -0.384 e. The van der Waals surface area contributed by atoms with E-state index in [1.54, 1.807) is 0 Å². The summed E-state index contributed by atoms with van der Waals surface area (Å²) in [6.07, 6.45) is 0. The summed E-state index contributed by atoms with van der Waals surface area (Å²) in [7, 11) is -1.73. The van der Waals surface area contributed by atoms with E-state index in [1.165, 1.54) is 11.4 Å². The molecule has 18 heavy (non-hydrogen) atoms. The van der Waals surface area contributed by atoms with Crippen LogP contribution in [0.25, 0.3) is 0 Å². The predicted molar refractivity (Wildman–Crippen MR) is 68.5 cm³/mol. The Hall–Kier alpha value is -0.680. The molecule has 6 nitrogen and oxygen atoms in total. The number of rotatable bonds is 5. The SMILES string of the molecule is COCCS(=O)(=O)N1CCN(C(C)(C)C#N)CC1. The van der Waals surface area contributed by atoms with E-state index >= 15 is 0 Å². The molecule has 1 aliphatic heterocycles. The number of methoxy groups -OCH3 is 1. The smallest absolute Gasteiger partial charge is 0.216 e. The highest BCUT2D eigenvalue weighted by Crippen LogP contribution is 2.17. The Bertz CT molecular complexity index is 406. The van der Waals surface area contributed by atoms with E-state index in [4.69, 9.17) is 10.00 Å². The highest BCUT2D eigenvalue weighted by Gasteiger charge is 2.33. The van der Waals surface area contributed by atoms with E-state index in [9.17, 15) is 8.42 Å². The molecule has 0 N–H and O–H groups in total. The van der Waals surface area contributed by atoms with Gasteiger partial charge in [0.2, 0.25) is 10.0 Å². The average Bonchev–Trinajstić information content (AvgIpc) is 2.36. The zero-order valence-electron chi connectivity index (χ0n) is 11.2. The summed E-state index contributed by atoms with van der Waals surface area (Å²) in [5, 5.41) is 9.05. The molecule has 0 bridgehead atoms. The van der Waals surface area contributed by atoms with Gasteiger partial charge in [0.25, 0.3) is 0 Å². The first kappa shape index (κ1) is 15.4. The Kier molecular flexibility index (Phi) is 5.10. The molecule has 1 rings (SSSR count). The Morgan fingerprint density at radius 3 is 2.28 bits per heavy atom. The molecule has 0 saturated carbocycles. The normalized spacial score (nSPS) is 19.7. The second kappa shape index (κ2) is 5.97. The van der Waals surface area contributed by atoms with Crippen LogP contribution in [0.4, 0.5) is 0 Å². The van der Waals surface area contributed by atoms with Crippen molar-refractivity contribution < 1.29 is 13.2 Å². The van der Waals surface area contributed by atoms with Crippen LogP contribution in [0, 0.1) is 11.3 Å². The van der Waals surface area contributed by atoms with Crippen molar-refractivity contribution >= 4 is 10.0 Å². The first-order chi connectivity index (χ1) is 8.33.